The van der Waals surface area contributed by atoms with Crippen LogP contribution < -0.4 is 19.6 Å². The van der Waals surface area contributed by atoms with Crippen molar-refractivity contribution >= 4 is 17.1 Å². The number of ether oxygens (including phenoxy) is 4. The summed E-state index contributed by atoms with van der Waals surface area (Å²) in [6, 6.07) is 4.99. The lowest BCUT2D eigenvalue weighted by Gasteiger charge is -2.31. The van der Waals surface area contributed by atoms with Gasteiger partial charge in [-0.1, -0.05) is 0 Å². The maximum absolute atomic E-state index is 12.6. The Morgan fingerprint density at radius 2 is 2.06 bits per heavy atom. The van der Waals surface area contributed by atoms with Gasteiger partial charge in [-0.15, -0.1) is 11.3 Å². The smallest absolute Gasteiger partial charge is 0.220 e. The van der Waals surface area contributed by atoms with Crippen LogP contribution >= 0.6 is 11.3 Å². The summed E-state index contributed by atoms with van der Waals surface area (Å²) in [6.45, 7) is 2.41. The Bertz CT molecular complexity index is 1160. The molecule has 0 bridgehead atoms. The van der Waals surface area contributed by atoms with Crippen LogP contribution in [-0.4, -0.2) is 42.8 Å². The van der Waals surface area contributed by atoms with E-state index >= 15 is 0 Å². The first kappa shape index (κ1) is 21.1. The standard InChI is InChI=1S/C22H22N2O6S/c1-13(25)15-10-24-17(8-18(15)26)14-7-20(28-3)21(29-6-4-5-27-2)9-19(14)30-22(24)16-11-31-12-23-16/h7-12,22H,4-6H2,1-3H3. The molecule has 4 rings (SSSR count). The Hall–Kier alpha value is -3.17. The van der Waals surface area contributed by atoms with E-state index in [0.29, 0.717) is 47.4 Å². The number of pyridine rings is 1. The van der Waals surface area contributed by atoms with E-state index in [-0.39, 0.29) is 16.8 Å². The van der Waals surface area contributed by atoms with E-state index in [1.165, 1.54) is 30.5 Å². The van der Waals surface area contributed by atoms with Crippen LogP contribution in [0.5, 0.6) is 17.2 Å². The SMILES string of the molecule is COCCCOc1cc2c(cc1OC)-c1cc(=O)c(C(C)=O)cn1C(c1cscn1)O2. The fraction of sp³-hybridized carbons (Fsp3) is 0.318. The van der Waals surface area contributed by atoms with Crippen LogP contribution in [0.1, 0.15) is 35.6 Å². The van der Waals surface area contributed by atoms with E-state index in [9.17, 15) is 9.59 Å². The van der Waals surface area contributed by atoms with Crippen molar-refractivity contribution in [2.45, 2.75) is 19.6 Å². The number of hydrogen-bond donors (Lipinski definition) is 0. The van der Waals surface area contributed by atoms with Crippen molar-refractivity contribution in [3.05, 3.63) is 56.8 Å². The molecule has 1 aliphatic rings. The van der Waals surface area contributed by atoms with E-state index < -0.39 is 6.23 Å². The lowest BCUT2D eigenvalue weighted by atomic mass is 10.0. The molecule has 0 amide bonds. The monoisotopic (exact) mass is 442 g/mol. The van der Waals surface area contributed by atoms with Crippen molar-refractivity contribution < 1.29 is 23.7 Å². The average molecular weight is 442 g/mol. The van der Waals surface area contributed by atoms with Crippen LogP contribution in [0.25, 0.3) is 11.3 Å². The highest BCUT2D eigenvalue weighted by atomic mass is 32.1. The van der Waals surface area contributed by atoms with Crippen molar-refractivity contribution in [1.82, 2.24) is 9.55 Å². The Kier molecular flexibility index (Phi) is 6.06. The summed E-state index contributed by atoms with van der Waals surface area (Å²) in [7, 11) is 3.19. The number of carbonyl (C=O) groups is 1. The molecule has 1 atom stereocenters. The molecule has 9 heteroatoms. The number of Topliss-reactive ketones (excluding diaryl/α,β-unsaturated/α-hetero) is 1. The second-order valence-electron chi connectivity index (χ2n) is 6.98. The van der Waals surface area contributed by atoms with Crippen LogP contribution in [0.2, 0.25) is 0 Å². The summed E-state index contributed by atoms with van der Waals surface area (Å²) < 4.78 is 24.5. The third kappa shape index (κ3) is 4.06. The zero-order chi connectivity index (χ0) is 22.0. The third-order valence-electron chi connectivity index (χ3n) is 4.95. The highest BCUT2D eigenvalue weighted by molar-refractivity contribution is 7.07. The van der Waals surface area contributed by atoms with Crippen molar-refractivity contribution in [2.75, 3.05) is 27.4 Å². The molecule has 0 saturated carbocycles. The fourth-order valence-electron chi connectivity index (χ4n) is 3.44. The Balaban J connectivity index is 1.84. The van der Waals surface area contributed by atoms with Gasteiger partial charge in [0.1, 0.15) is 11.4 Å². The third-order valence-corrected chi connectivity index (χ3v) is 5.55. The first-order chi connectivity index (χ1) is 15.0. The Labute approximate surface area is 183 Å². The number of aromatic nitrogens is 2. The van der Waals surface area contributed by atoms with E-state index in [4.69, 9.17) is 18.9 Å². The van der Waals surface area contributed by atoms with Gasteiger partial charge in [0, 0.05) is 49.4 Å². The molecular weight excluding hydrogens is 420 g/mol. The van der Waals surface area contributed by atoms with Gasteiger partial charge in [-0.2, -0.15) is 0 Å². The van der Waals surface area contributed by atoms with Gasteiger partial charge in [-0.25, -0.2) is 4.98 Å². The molecule has 3 aromatic rings. The van der Waals surface area contributed by atoms with Gasteiger partial charge < -0.3 is 23.5 Å². The van der Waals surface area contributed by atoms with Crippen LogP contribution in [-0.2, 0) is 4.74 Å². The molecule has 1 unspecified atom stereocenters. The highest BCUT2D eigenvalue weighted by Gasteiger charge is 2.30. The molecule has 0 radical (unpaired) electrons. The second-order valence-corrected chi connectivity index (χ2v) is 7.70. The molecule has 1 aliphatic heterocycles. The van der Waals surface area contributed by atoms with Crippen LogP contribution in [0.15, 0.2) is 40.1 Å². The van der Waals surface area contributed by atoms with Crippen molar-refractivity contribution in [1.29, 1.82) is 0 Å². The van der Waals surface area contributed by atoms with Crippen molar-refractivity contribution in [2.24, 2.45) is 0 Å². The molecule has 8 nitrogen and oxygen atoms in total. The Morgan fingerprint density at radius 1 is 1.23 bits per heavy atom. The normalized spacial score (nSPS) is 14.4. The predicted octanol–water partition coefficient (Wildman–Crippen LogP) is 3.54. The lowest BCUT2D eigenvalue weighted by molar-refractivity contribution is 0.101. The lowest BCUT2D eigenvalue weighted by Crippen LogP contribution is -2.27. The molecule has 0 aliphatic carbocycles. The van der Waals surface area contributed by atoms with E-state index in [2.05, 4.69) is 4.98 Å². The molecule has 162 valence electrons. The van der Waals surface area contributed by atoms with Crippen molar-refractivity contribution in [3.63, 3.8) is 0 Å². The van der Waals surface area contributed by atoms with Crippen LogP contribution in [0, 0.1) is 0 Å². The van der Waals surface area contributed by atoms with Gasteiger partial charge in [0.05, 0.1) is 30.5 Å². The van der Waals surface area contributed by atoms with E-state index in [1.807, 2.05) is 5.38 Å². The number of methoxy groups -OCH3 is 2. The number of ketones is 1. The van der Waals surface area contributed by atoms with Gasteiger partial charge in [0.2, 0.25) is 6.23 Å². The predicted molar refractivity (Wildman–Crippen MR) is 116 cm³/mol. The molecule has 0 N–H and O–H groups in total. The largest absolute Gasteiger partial charge is 0.493 e. The zero-order valence-corrected chi connectivity index (χ0v) is 18.2. The fourth-order valence-corrected chi connectivity index (χ4v) is 4.00. The topological polar surface area (TPSA) is 88.9 Å². The van der Waals surface area contributed by atoms with Gasteiger partial charge in [-0.05, 0) is 13.0 Å². The summed E-state index contributed by atoms with van der Waals surface area (Å²) in [4.78, 5) is 28.9. The molecule has 2 aromatic heterocycles. The highest BCUT2D eigenvalue weighted by Crippen LogP contribution is 2.45. The summed E-state index contributed by atoms with van der Waals surface area (Å²) in [5, 5.41) is 1.87. The number of rotatable bonds is 8. The quantitative estimate of drug-likeness (QED) is 0.389. The molecule has 0 spiro atoms. The molecule has 0 saturated heterocycles. The number of nitrogens with zero attached hydrogens (tertiary/aromatic N) is 2. The minimum atomic E-state index is -0.623. The number of thiazole rings is 1. The summed E-state index contributed by atoms with van der Waals surface area (Å²) in [5.41, 5.74) is 3.41. The van der Waals surface area contributed by atoms with Crippen LogP contribution in [0.3, 0.4) is 0 Å². The van der Waals surface area contributed by atoms with E-state index in [0.717, 1.165) is 6.42 Å². The first-order valence-electron chi connectivity index (χ1n) is 9.69. The van der Waals surface area contributed by atoms with Gasteiger partial charge >= 0.3 is 0 Å². The zero-order valence-electron chi connectivity index (χ0n) is 17.4. The average Bonchev–Trinajstić information content (AvgIpc) is 3.29. The van der Waals surface area contributed by atoms with Gasteiger partial charge in [0.25, 0.3) is 0 Å². The second kappa shape index (κ2) is 8.91. The van der Waals surface area contributed by atoms with E-state index in [1.54, 1.807) is 36.4 Å². The molecular formula is C22H22N2O6S. The number of carbonyl (C=O) groups excluding carboxylic acids is 1. The number of benzene rings is 1. The number of fused-ring (bicyclic) bond motifs is 3. The maximum atomic E-state index is 12.6. The minimum absolute atomic E-state index is 0.0982. The van der Waals surface area contributed by atoms with Crippen molar-refractivity contribution in [3.8, 4) is 28.5 Å². The van der Waals surface area contributed by atoms with Gasteiger partial charge in [0.15, 0.2) is 22.7 Å². The minimum Gasteiger partial charge on any atom is -0.493 e. The molecule has 1 aromatic carbocycles. The summed E-state index contributed by atoms with van der Waals surface area (Å²) >= 11 is 1.44. The van der Waals surface area contributed by atoms with Crippen LogP contribution in [0.4, 0.5) is 0 Å². The maximum Gasteiger partial charge on any atom is 0.220 e. The number of hydrogen-bond acceptors (Lipinski definition) is 8. The Morgan fingerprint density at radius 3 is 2.74 bits per heavy atom. The molecule has 0 fully saturated rings. The summed E-state index contributed by atoms with van der Waals surface area (Å²) in [5.74, 6) is 1.28. The van der Waals surface area contributed by atoms with Gasteiger partial charge in [-0.3, -0.25) is 9.59 Å². The molecule has 3 heterocycles. The summed E-state index contributed by atoms with van der Waals surface area (Å²) in [6.07, 6.45) is 1.64. The molecule has 31 heavy (non-hydrogen) atoms. The first-order valence-corrected chi connectivity index (χ1v) is 10.6.